The van der Waals surface area contributed by atoms with E-state index >= 15 is 0 Å². The fourth-order valence-corrected chi connectivity index (χ4v) is 5.06. The Balaban J connectivity index is 1.35. The number of alkyl carbamates (subject to hydrolysis) is 1. The van der Waals surface area contributed by atoms with Gasteiger partial charge in [0.25, 0.3) is 0 Å². The first-order valence-electron chi connectivity index (χ1n) is 11.4. The Labute approximate surface area is 193 Å². The third kappa shape index (κ3) is 4.32. The first-order chi connectivity index (χ1) is 15.7. The fourth-order valence-electron chi connectivity index (χ4n) is 5.06. The van der Waals surface area contributed by atoms with Crippen molar-refractivity contribution in [3.63, 3.8) is 0 Å². The molecule has 2 aliphatic rings. The van der Waals surface area contributed by atoms with Crippen molar-refractivity contribution in [1.82, 2.24) is 10.2 Å². The van der Waals surface area contributed by atoms with E-state index in [1.807, 2.05) is 45.0 Å². The molecule has 0 aromatic heterocycles. The van der Waals surface area contributed by atoms with E-state index < -0.39 is 29.6 Å². The standard InChI is InChI=1S/C26H30N2O5/c1-4-16(13-22(29)28-15-26(2,3)23(28)24(30)31)27-25(32)33-14-21-19-11-7-5-9-17(19)18-10-6-8-12-20(18)21/h5-12,16,21,23H,4,13-15H2,1-3H3,(H,27,32)(H,30,31)/t16-,23?/m1/s1. The van der Waals surface area contributed by atoms with Crippen LogP contribution in [-0.4, -0.2) is 53.2 Å². The second-order valence-electron chi connectivity index (χ2n) is 9.53. The minimum Gasteiger partial charge on any atom is -0.480 e. The molecule has 0 radical (unpaired) electrons. The average Bonchev–Trinajstić information content (AvgIpc) is 3.09. The number of aliphatic carboxylic acids is 1. The predicted octanol–water partition coefficient (Wildman–Crippen LogP) is 4.02. The molecular formula is C26H30N2O5. The number of hydrogen-bond donors (Lipinski definition) is 2. The number of nitrogens with one attached hydrogen (secondary N) is 1. The molecule has 7 nitrogen and oxygen atoms in total. The number of fused-ring (bicyclic) bond motifs is 3. The van der Waals surface area contributed by atoms with Gasteiger partial charge >= 0.3 is 12.1 Å². The van der Waals surface area contributed by atoms with Crippen LogP contribution in [0.15, 0.2) is 48.5 Å². The average molecular weight is 451 g/mol. The van der Waals surface area contributed by atoms with E-state index in [1.165, 1.54) is 4.90 Å². The maximum atomic E-state index is 12.7. The smallest absolute Gasteiger partial charge is 0.407 e. The van der Waals surface area contributed by atoms with E-state index in [0.29, 0.717) is 13.0 Å². The number of likely N-dealkylation sites (tertiary alicyclic amines) is 1. The minimum atomic E-state index is -1.00. The Morgan fingerprint density at radius 2 is 1.67 bits per heavy atom. The van der Waals surface area contributed by atoms with E-state index in [2.05, 4.69) is 29.6 Å². The number of rotatable bonds is 7. The van der Waals surface area contributed by atoms with E-state index in [-0.39, 0.29) is 24.9 Å². The number of carboxylic acid groups (broad SMARTS) is 1. The summed E-state index contributed by atoms with van der Waals surface area (Å²) < 4.78 is 5.58. The zero-order valence-electron chi connectivity index (χ0n) is 19.2. The molecule has 0 saturated carbocycles. The Hall–Kier alpha value is -3.35. The molecule has 1 fully saturated rings. The lowest BCUT2D eigenvalue weighted by atomic mass is 9.74. The molecule has 2 atom stereocenters. The van der Waals surface area contributed by atoms with Crippen LogP contribution >= 0.6 is 0 Å². The molecule has 174 valence electrons. The van der Waals surface area contributed by atoms with Gasteiger partial charge < -0.3 is 20.1 Å². The summed E-state index contributed by atoms with van der Waals surface area (Å²) >= 11 is 0. The topological polar surface area (TPSA) is 95.9 Å². The summed E-state index contributed by atoms with van der Waals surface area (Å²) in [7, 11) is 0. The molecule has 2 aromatic rings. The first kappa shape index (κ1) is 22.8. The number of carbonyl (C=O) groups is 3. The second kappa shape index (κ2) is 8.89. The van der Waals surface area contributed by atoms with Crippen LogP contribution in [0.3, 0.4) is 0 Å². The Bertz CT molecular complexity index is 1030. The van der Waals surface area contributed by atoms with Crippen LogP contribution in [-0.2, 0) is 14.3 Å². The number of carboxylic acids is 1. The highest BCUT2D eigenvalue weighted by atomic mass is 16.5. The van der Waals surface area contributed by atoms with Crippen LogP contribution in [0.5, 0.6) is 0 Å². The molecular weight excluding hydrogens is 420 g/mol. The van der Waals surface area contributed by atoms with Gasteiger partial charge in [-0.05, 0) is 28.7 Å². The lowest BCUT2D eigenvalue weighted by Gasteiger charge is -2.51. The van der Waals surface area contributed by atoms with Crippen molar-refractivity contribution in [2.45, 2.75) is 51.6 Å². The van der Waals surface area contributed by atoms with Crippen molar-refractivity contribution in [2.75, 3.05) is 13.2 Å². The van der Waals surface area contributed by atoms with E-state index in [9.17, 15) is 19.5 Å². The Morgan fingerprint density at radius 1 is 1.09 bits per heavy atom. The molecule has 2 aromatic carbocycles. The summed E-state index contributed by atoms with van der Waals surface area (Å²) in [5.74, 6) is -1.31. The van der Waals surface area contributed by atoms with Gasteiger partial charge in [0.15, 0.2) is 0 Å². The summed E-state index contributed by atoms with van der Waals surface area (Å²) in [4.78, 5) is 38.2. The summed E-state index contributed by atoms with van der Waals surface area (Å²) in [5.41, 5.74) is 4.13. The molecule has 4 rings (SSSR count). The largest absolute Gasteiger partial charge is 0.480 e. The number of ether oxygens (including phenoxy) is 1. The molecule has 33 heavy (non-hydrogen) atoms. The van der Waals surface area contributed by atoms with Crippen LogP contribution in [0.2, 0.25) is 0 Å². The molecule has 7 heteroatoms. The van der Waals surface area contributed by atoms with Crippen LogP contribution in [0, 0.1) is 5.41 Å². The van der Waals surface area contributed by atoms with E-state index in [4.69, 9.17) is 4.74 Å². The SMILES string of the molecule is CC[C@H](CC(=O)N1CC(C)(C)C1C(=O)O)NC(=O)OCC1c2ccccc2-c2ccccc21. The molecule has 1 saturated heterocycles. The highest BCUT2D eigenvalue weighted by Crippen LogP contribution is 2.44. The van der Waals surface area contributed by atoms with Crippen LogP contribution < -0.4 is 5.32 Å². The minimum absolute atomic E-state index is 0.0375. The zero-order valence-corrected chi connectivity index (χ0v) is 19.2. The van der Waals surface area contributed by atoms with Gasteiger partial charge in [-0.3, -0.25) is 4.79 Å². The van der Waals surface area contributed by atoms with Crippen molar-refractivity contribution in [2.24, 2.45) is 5.41 Å². The molecule has 1 aliphatic carbocycles. The van der Waals surface area contributed by atoms with Crippen LogP contribution in [0.25, 0.3) is 11.1 Å². The lowest BCUT2D eigenvalue weighted by molar-refractivity contribution is -0.172. The summed E-state index contributed by atoms with van der Waals surface area (Å²) in [6.45, 7) is 6.13. The van der Waals surface area contributed by atoms with E-state index in [1.54, 1.807) is 0 Å². The summed E-state index contributed by atoms with van der Waals surface area (Å²) in [6, 6.07) is 15.0. The van der Waals surface area contributed by atoms with Gasteiger partial charge in [0, 0.05) is 30.3 Å². The number of nitrogens with zero attached hydrogens (tertiary/aromatic N) is 1. The predicted molar refractivity (Wildman–Crippen MR) is 124 cm³/mol. The van der Waals surface area contributed by atoms with Gasteiger partial charge in [0.2, 0.25) is 5.91 Å². The highest BCUT2D eigenvalue weighted by molar-refractivity contribution is 5.87. The van der Waals surface area contributed by atoms with Crippen LogP contribution in [0.4, 0.5) is 4.79 Å². The fraction of sp³-hybridized carbons (Fsp3) is 0.423. The van der Waals surface area contributed by atoms with Gasteiger partial charge in [-0.2, -0.15) is 0 Å². The van der Waals surface area contributed by atoms with Gasteiger partial charge in [0.1, 0.15) is 12.6 Å². The third-order valence-corrected chi connectivity index (χ3v) is 6.76. The van der Waals surface area contributed by atoms with Crippen molar-refractivity contribution in [3.05, 3.63) is 59.7 Å². The van der Waals surface area contributed by atoms with Crippen molar-refractivity contribution in [1.29, 1.82) is 0 Å². The van der Waals surface area contributed by atoms with Gasteiger partial charge in [-0.1, -0.05) is 69.3 Å². The van der Waals surface area contributed by atoms with Gasteiger partial charge in [0.05, 0.1) is 0 Å². The molecule has 1 unspecified atom stereocenters. The van der Waals surface area contributed by atoms with Gasteiger partial charge in [-0.25, -0.2) is 9.59 Å². The van der Waals surface area contributed by atoms with Crippen LogP contribution in [0.1, 0.15) is 50.7 Å². The van der Waals surface area contributed by atoms with Crippen molar-refractivity contribution < 1.29 is 24.2 Å². The third-order valence-electron chi connectivity index (χ3n) is 6.76. The van der Waals surface area contributed by atoms with Crippen molar-refractivity contribution >= 4 is 18.0 Å². The number of benzene rings is 2. The molecule has 1 aliphatic heterocycles. The second-order valence-corrected chi connectivity index (χ2v) is 9.53. The monoisotopic (exact) mass is 450 g/mol. The summed E-state index contributed by atoms with van der Waals surface area (Å²) in [5, 5.41) is 12.2. The maximum absolute atomic E-state index is 12.7. The number of amides is 2. The van der Waals surface area contributed by atoms with Gasteiger partial charge in [-0.15, -0.1) is 0 Å². The molecule has 2 amide bonds. The Morgan fingerprint density at radius 3 is 2.18 bits per heavy atom. The highest BCUT2D eigenvalue weighted by Gasteiger charge is 2.52. The molecule has 0 bridgehead atoms. The lowest BCUT2D eigenvalue weighted by Crippen LogP contribution is -2.67. The molecule has 1 heterocycles. The normalized spacial score (nSPS) is 19.1. The number of hydrogen-bond acceptors (Lipinski definition) is 4. The molecule has 0 spiro atoms. The quantitative estimate of drug-likeness (QED) is 0.664. The number of carbonyl (C=O) groups excluding carboxylic acids is 2. The Kier molecular flexibility index (Phi) is 6.15. The molecule has 2 N–H and O–H groups in total. The summed E-state index contributed by atoms with van der Waals surface area (Å²) in [6.07, 6.45) is 0.00101. The first-order valence-corrected chi connectivity index (χ1v) is 11.4. The van der Waals surface area contributed by atoms with E-state index in [0.717, 1.165) is 22.3 Å². The van der Waals surface area contributed by atoms with Crippen molar-refractivity contribution in [3.8, 4) is 11.1 Å². The zero-order chi connectivity index (χ0) is 23.8. The maximum Gasteiger partial charge on any atom is 0.407 e.